The van der Waals surface area contributed by atoms with Gasteiger partial charge in [-0.1, -0.05) is 47.5 Å². The van der Waals surface area contributed by atoms with Crippen molar-refractivity contribution in [2.45, 2.75) is 51.6 Å². The Labute approximate surface area is 298 Å². The van der Waals surface area contributed by atoms with Crippen molar-refractivity contribution in [1.29, 1.82) is 0 Å². The molecule has 0 bridgehead atoms. The molecule has 0 spiro atoms. The number of carbonyl (C=O) groups is 4. The molecule has 5 rings (SSSR count). The Bertz CT molecular complexity index is 1880. The summed E-state index contributed by atoms with van der Waals surface area (Å²) in [6.45, 7) is 3.52. The molecule has 3 aromatic carbocycles. The Morgan fingerprint density at radius 3 is 2.52 bits per heavy atom. The highest BCUT2D eigenvalue weighted by atomic mass is 35.5. The van der Waals surface area contributed by atoms with Gasteiger partial charge in [0.2, 0.25) is 5.91 Å². The summed E-state index contributed by atoms with van der Waals surface area (Å²) < 4.78 is 13.7. The highest BCUT2D eigenvalue weighted by molar-refractivity contribution is 6.32. The molecular formula is C36H36Cl2N4O8. The monoisotopic (exact) mass is 722 g/mol. The van der Waals surface area contributed by atoms with E-state index in [0.29, 0.717) is 66.8 Å². The third-order valence-corrected chi connectivity index (χ3v) is 8.90. The van der Waals surface area contributed by atoms with Gasteiger partial charge in [0.15, 0.2) is 5.75 Å². The quantitative estimate of drug-likeness (QED) is 0.128. The van der Waals surface area contributed by atoms with Crippen LogP contribution in [0, 0.1) is 6.92 Å². The summed E-state index contributed by atoms with van der Waals surface area (Å²) in [6, 6.07) is 14.7. The summed E-state index contributed by atoms with van der Waals surface area (Å²) in [5, 5.41) is 26.0. The first-order valence-electron chi connectivity index (χ1n) is 16.0. The van der Waals surface area contributed by atoms with Crippen molar-refractivity contribution in [2.75, 3.05) is 24.7 Å². The van der Waals surface area contributed by atoms with Crippen LogP contribution in [0.25, 0.3) is 11.1 Å². The number of hydrogen-bond acceptors (Lipinski definition) is 7. The number of carboxylic acids is 2. The van der Waals surface area contributed by atoms with Crippen molar-refractivity contribution in [3.8, 4) is 22.6 Å². The van der Waals surface area contributed by atoms with Crippen molar-refractivity contribution in [1.82, 2.24) is 15.1 Å². The van der Waals surface area contributed by atoms with E-state index in [4.69, 9.17) is 42.9 Å². The molecule has 262 valence electrons. The zero-order valence-electron chi connectivity index (χ0n) is 27.2. The van der Waals surface area contributed by atoms with Gasteiger partial charge in [-0.2, -0.15) is 5.10 Å². The topological polar surface area (TPSA) is 160 Å². The van der Waals surface area contributed by atoms with Crippen LogP contribution in [0.5, 0.6) is 11.5 Å². The first kappa shape index (κ1) is 36.2. The summed E-state index contributed by atoms with van der Waals surface area (Å²) in [5.74, 6) is -1.81. The van der Waals surface area contributed by atoms with E-state index in [0.717, 1.165) is 16.7 Å². The SMILES string of the molecule is Cc1c(Cl)cccc1OCCCC(=O)N1CCCOc2c(-c3cnn(Cc4ccc(C(=O)NC(CC(=O)O)CC(=O)O)cc4Cl)c3)cccc21. The lowest BCUT2D eigenvalue weighted by atomic mass is 10.1. The smallest absolute Gasteiger partial charge is 0.305 e. The first-order valence-corrected chi connectivity index (χ1v) is 16.8. The molecule has 1 aliphatic heterocycles. The molecule has 0 atom stereocenters. The van der Waals surface area contributed by atoms with Gasteiger partial charge in [0.25, 0.3) is 5.91 Å². The number of nitrogens with one attached hydrogen (secondary N) is 1. The Kier molecular flexibility index (Phi) is 12.0. The number of fused-ring (bicyclic) bond motifs is 1. The highest BCUT2D eigenvalue weighted by Crippen LogP contribution is 2.40. The van der Waals surface area contributed by atoms with Crippen LogP contribution in [0.4, 0.5) is 5.69 Å². The van der Waals surface area contributed by atoms with E-state index < -0.39 is 36.7 Å². The van der Waals surface area contributed by atoms with Crippen LogP contribution < -0.4 is 19.7 Å². The predicted molar refractivity (Wildman–Crippen MR) is 187 cm³/mol. The lowest BCUT2D eigenvalue weighted by Crippen LogP contribution is -2.38. The summed E-state index contributed by atoms with van der Waals surface area (Å²) in [5.41, 5.74) is 3.93. The van der Waals surface area contributed by atoms with Crippen molar-refractivity contribution in [3.05, 3.63) is 93.7 Å². The minimum atomic E-state index is -1.23. The average Bonchev–Trinajstić information content (AvgIpc) is 3.42. The van der Waals surface area contributed by atoms with Crippen molar-refractivity contribution < 1.29 is 38.9 Å². The molecule has 3 N–H and O–H groups in total. The maximum Gasteiger partial charge on any atom is 0.305 e. The minimum absolute atomic E-state index is 0.0259. The minimum Gasteiger partial charge on any atom is -0.493 e. The number of para-hydroxylation sites is 1. The number of rotatable bonds is 14. The van der Waals surface area contributed by atoms with Crippen molar-refractivity contribution in [2.24, 2.45) is 0 Å². The fourth-order valence-electron chi connectivity index (χ4n) is 5.62. The standard InChI is InChI=1S/C36H36Cl2N4O8/c1-22-28(37)7-3-9-31(22)49-14-4-10-32(43)42-13-5-15-50-35-27(6-2-8-30(35)42)25-19-39-41(21-25)20-24-12-11-23(16-29(24)38)36(48)40-26(17-33(44)45)18-34(46)47/h2-3,6-9,11-12,16,19,21,26H,4-5,10,13-15,17-18,20H2,1H3,(H,40,48)(H,44,45)(H,46,47). The van der Waals surface area contributed by atoms with Gasteiger partial charge in [0, 0.05) is 51.5 Å². The molecule has 4 aromatic rings. The van der Waals surface area contributed by atoms with Gasteiger partial charge in [0.1, 0.15) is 5.75 Å². The summed E-state index contributed by atoms with van der Waals surface area (Å²) in [7, 11) is 0. The number of hydrogen-bond donors (Lipinski definition) is 3. The number of halogens is 2. The first-order chi connectivity index (χ1) is 24.0. The van der Waals surface area contributed by atoms with Crippen LogP contribution in [0.3, 0.4) is 0 Å². The fourth-order valence-corrected chi connectivity index (χ4v) is 6.03. The molecule has 50 heavy (non-hydrogen) atoms. The summed E-state index contributed by atoms with van der Waals surface area (Å²) in [6.07, 6.45) is 3.98. The van der Waals surface area contributed by atoms with Gasteiger partial charge in [-0.15, -0.1) is 0 Å². The molecule has 0 unspecified atom stereocenters. The second-order valence-electron chi connectivity index (χ2n) is 11.8. The lowest BCUT2D eigenvalue weighted by molar-refractivity contribution is -0.139. The number of benzene rings is 3. The van der Waals surface area contributed by atoms with Crippen LogP contribution in [-0.2, 0) is 20.9 Å². The van der Waals surface area contributed by atoms with Gasteiger partial charge in [-0.25, -0.2) is 0 Å². The maximum absolute atomic E-state index is 13.4. The second-order valence-corrected chi connectivity index (χ2v) is 12.6. The number of amides is 2. The Morgan fingerprint density at radius 2 is 1.78 bits per heavy atom. The largest absolute Gasteiger partial charge is 0.493 e. The van der Waals surface area contributed by atoms with Crippen LogP contribution >= 0.6 is 23.2 Å². The summed E-state index contributed by atoms with van der Waals surface area (Å²) >= 11 is 12.7. The van der Waals surface area contributed by atoms with E-state index in [1.807, 2.05) is 49.5 Å². The fraction of sp³-hybridized carbons (Fsp3) is 0.306. The van der Waals surface area contributed by atoms with Gasteiger partial charge < -0.3 is 29.9 Å². The molecule has 0 saturated carbocycles. The normalized spacial score (nSPS) is 12.5. The molecule has 1 aliphatic rings. The zero-order valence-corrected chi connectivity index (χ0v) is 28.7. The van der Waals surface area contributed by atoms with Gasteiger partial charge in [-0.05, 0) is 55.7 Å². The zero-order chi connectivity index (χ0) is 35.8. The molecule has 1 aromatic heterocycles. The lowest BCUT2D eigenvalue weighted by Gasteiger charge is -2.23. The number of carboxylic acid groups (broad SMARTS) is 2. The van der Waals surface area contributed by atoms with Crippen LogP contribution in [0.1, 0.15) is 53.6 Å². The summed E-state index contributed by atoms with van der Waals surface area (Å²) in [4.78, 5) is 50.1. The van der Waals surface area contributed by atoms with Crippen molar-refractivity contribution >= 4 is 52.6 Å². The van der Waals surface area contributed by atoms with Gasteiger partial charge in [-0.3, -0.25) is 23.9 Å². The molecule has 0 radical (unpaired) electrons. The molecule has 12 nitrogen and oxygen atoms in total. The third-order valence-electron chi connectivity index (χ3n) is 8.14. The number of anilines is 1. The van der Waals surface area contributed by atoms with E-state index in [-0.39, 0.29) is 23.0 Å². The van der Waals surface area contributed by atoms with E-state index in [1.165, 1.54) is 12.1 Å². The van der Waals surface area contributed by atoms with E-state index in [9.17, 15) is 19.2 Å². The number of aliphatic carboxylic acids is 2. The van der Waals surface area contributed by atoms with E-state index in [2.05, 4.69) is 10.4 Å². The average molecular weight is 724 g/mol. The highest BCUT2D eigenvalue weighted by Gasteiger charge is 2.25. The third kappa shape index (κ3) is 9.13. The predicted octanol–water partition coefficient (Wildman–Crippen LogP) is 6.24. The van der Waals surface area contributed by atoms with Crippen molar-refractivity contribution in [3.63, 3.8) is 0 Å². The molecule has 2 heterocycles. The Morgan fingerprint density at radius 1 is 1.02 bits per heavy atom. The molecular weight excluding hydrogens is 687 g/mol. The number of carbonyl (C=O) groups excluding carboxylic acids is 2. The second kappa shape index (κ2) is 16.6. The Hall–Kier alpha value is -5.07. The van der Waals surface area contributed by atoms with Crippen LogP contribution in [0.2, 0.25) is 10.0 Å². The number of ether oxygens (including phenoxy) is 2. The van der Waals surface area contributed by atoms with Crippen LogP contribution in [-0.4, -0.2) is 69.5 Å². The van der Waals surface area contributed by atoms with E-state index in [1.54, 1.807) is 21.8 Å². The van der Waals surface area contributed by atoms with Crippen LogP contribution in [0.15, 0.2) is 67.0 Å². The van der Waals surface area contributed by atoms with Gasteiger partial charge >= 0.3 is 11.9 Å². The molecule has 0 aliphatic carbocycles. The molecule has 0 fully saturated rings. The molecule has 0 saturated heterocycles. The molecule has 2 amide bonds. The van der Waals surface area contributed by atoms with E-state index >= 15 is 0 Å². The maximum atomic E-state index is 13.4. The number of aromatic nitrogens is 2. The number of nitrogens with zero attached hydrogens (tertiary/aromatic N) is 3. The van der Waals surface area contributed by atoms with Gasteiger partial charge in [0.05, 0.1) is 50.5 Å². The Balaban J connectivity index is 1.25. The molecule has 14 heteroatoms.